The van der Waals surface area contributed by atoms with Gasteiger partial charge in [-0.25, -0.2) is 13.6 Å². The van der Waals surface area contributed by atoms with Crippen molar-refractivity contribution in [2.75, 3.05) is 18.0 Å². The first-order valence-corrected chi connectivity index (χ1v) is 10.1. The van der Waals surface area contributed by atoms with E-state index in [1.165, 1.54) is 0 Å². The lowest BCUT2D eigenvalue weighted by Gasteiger charge is -2.31. The number of fused-ring (bicyclic) bond motifs is 1. The van der Waals surface area contributed by atoms with Crippen molar-refractivity contribution < 1.29 is 23.2 Å². The summed E-state index contributed by atoms with van der Waals surface area (Å²) in [5.74, 6) is -3.11. The molecule has 0 radical (unpaired) electrons. The number of amides is 4. The summed E-state index contributed by atoms with van der Waals surface area (Å²) in [5, 5.41) is 3.38. The Kier molecular flexibility index (Phi) is 5.34. The van der Waals surface area contributed by atoms with E-state index in [1.54, 1.807) is 42.2 Å². The molecule has 0 unspecified atom stereocenters. The zero-order chi connectivity index (χ0) is 22.2. The van der Waals surface area contributed by atoms with Crippen molar-refractivity contribution in [1.29, 1.82) is 0 Å². The minimum Gasteiger partial charge on any atom is -0.362 e. The molecule has 7 nitrogen and oxygen atoms in total. The fraction of sp³-hybridized carbons (Fsp3) is 0.318. The van der Waals surface area contributed by atoms with Crippen LogP contribution in [0.5, 0.6) is 0 Å². The molecule has 1 fully saturated rings. The molecule has 2 aromatic carbocycles. The number of hydrazine groups is 1. The van der Waals surface area contributed by atoms with Gasteiger partial charge in [0.05, 0.1) is 6.54 Å². The molecule has 0 spiro atoms. The molecule has 162 valence electrons. The molecule has 0 aliphatic carbocycles. The quantitative estimate of drug-likeness (QED) is 0.718. The summed E-state index contributed by atoms with van der Waals surface area (Å²) in [5.41, 5.74) is 2.77. The van der Waals surface area contributed by atoms with Crippen LogP contribution in [0, 0.1) is 11.6 Å². The summed E-state index contributed by atoms with van der Waals surface area (Å²) in [7, 11) is 0. The molecule has 2 aliphatic rings. The van der Waals surface area contributed by atoms with Gasteiger partial charge in [0.15, 0.2) is 11.6 Å². The second-order valence-electron chi connectivity index (χ2n) is 7.65. The number of hydrogen-bond acceptors (Lipinski definition) is 4. The van der Waals surface area contributed by atoms with E-state index in [-0.39, 0.29) is 6.54 Å². The standard InChI is InChI=1S/C22H22F2N4O3/c1-2-22(15-8-4-3-5-9-15)20(30)28(21(31)25-22)26-19(29)13-27-10-6-7-14-11-16(23)17(24)12-18(14)27/h3-5,8-9,11-12H,2,6-7,10,13H2,1H3,(H,25,31)(H,26,29)/t22-/m1/s1. The van der Waals surface area contributed by atoms with Gasteiger partial charge in [-0.05, 0) is 36.5 Å². The van der Waals surface area contributed by atoms with E-state index in [0.717, 1.165) is 12.1 Å². The summed E-state index contributed by atoms with van der Waals surface area (Å²) in [6.45, 7) is 2.03. The number of carbonyl (C=O) groups excluding carboxylic acids is 3. The molecule has 0 aromatic heterocycles. The molecule has 0 saturated carbocycles. The number of benzene rings is 2. The average Bonchev–Trinajstić information content (AvgIpc) is 3.01. The number of carbonyl (C=O) groups is 3. The third-order valence-corrected chi connectivity index (χ3v) is 5.80. The van der Waals surface area contributed by atoms with Crippen LogP contribution in [0.15, 0.2) is 42.5 Å². The summed E-state index contributed by atoms with van der Waals surface area (Å²) in [6.07, 6.45) is 1.55. The number of imide groups is 1. The molecule has 2 heterocycles. The average molecular weight is 428 g/mol. The molecule has 31 heavy (non-hydrogen) atoms. The fourth-order valence-electron chi connectivity index (χ4n) is 4.19. The third kappa shape index (κ3) is 3.60. The van der Waals surface area contributed by atoms with Gasteiger partial charge in [-0.2, -0.15) is 5.01 Å². The first-order valence-electron chi connectivity index (χ1n) is 10.1. The van der Waals surface area contributed by atoms with E-state index in [0.29, 0.717) is 47.6 Å². The van der Waals surface area contributed by atoms with E-state index < -0.39 is 35.0 Å². The normalized spacial score (nSPS) is 20.5. The highest BCUT2D eigenvalue weighted by atomic mass is 19.2. The maximum atomic E-state index is 13.7. The van der Waals surface area contributed by atoms with Crippen molar-refractivity contribution in [3.8, 4) is 0 Å². The molecular formula is C22H22F2N4O3. The van der Waals surface area contributed by atoms with Gasteiger partial charge in [-0.3, -0.25) is 15.0 Å². The lowest BCUT2D eigenvalue weighted by atomic mass is 9.87. The molecule has 1 atom stereocenters. The first-order chi connectivity index (χ1) is 14.9. The van der Waals surface area contributed by atoms with Crippen LogP contribution in [-0.2, 0) is 21.5 Å². The largest absolute Gasteiger partial charge is 0.362 e. The van der Waals surface area contributed by atoms with Gasteiger partial charge in [-0.15, -0.1) is 0 Å². The van der Waals surface area contributed by atoms with Crippen molar-refractivity contribution in [2.45, 2.75) is 31.7 Å². The van der Waals surface area contributed by atoms with Gasteiger partial charge in [0.2, 0.25) is 0 Å². The number of aryl methyl sites for hydroxylation is 1. The van der Waals surface area contributed by atoms with Crippen molar-refractivity contribution in [3.05, 3.63) is 65.2 Å². The Balaban J connectivity index is 1.51. The number of urea groups is 1. The predicted octanol–water partition coefficient (Wildman–Crippen LogP) is 2.61. The number of nitrogens with zero attached hydrogens (tertiary/aromatic N) is 2. The topological polar surface area (TPSA) is 81.8 Å². The van der Waals surface area contributed by atoms with Crippen LogP contribution in [-0.4, -0.2) is 35.9 Å². The van der Waals surface area contributed by atoms with Crippen LogP contribution in [0.4, 0.5) is 19.3 Å². The first kappa shape index (κ1) is 20.8. The van der Waals surface area contributed by atoms with Crippen molar-refractivity contribution in [1.82, 2.24) is 15.8 Å². The highest BCUT2D eigenvalue weighted by Gasteiger charge is 2.52. The van der Waals surface area contributed by atoms with Crippen LogP contribution in [0.25, 0.3) is 0 Å². The maximum absolute atomic E-state index is 13.7. The molecule has 2 N–H and O–H groups in total. The SMILES string of the molecule is CC[C@]1(c2ccccc2)NC(=O)N(NC(=O)CN2CCCc3cc(F)c(F)cc32)C1=O. The molecule has 2 aromatic rings. The maximum Gasteiger partial charge on any atom is 0.344 e. The molecule has 0 bridgehead atoms. The van der Waals surface area contributed by atoms with E-state index in [2.05, 4.69) is 10.7 Å². The number of rotatable bonds is 5. The van der Waals surface area contributed by atoms with E-state index in [4.69, 9.17) is 0 Å². The third-order valence-electron chi connectivity index (χ3n) is 5.80. The Morgan fingerprint density at radius 1 is 1.16 bits per heavy atom. The number of anilines is 1. The van der Waals surface area contributed by atoms with E-state index in [9.17, 15) is 23.2 Å². The second kappa shape index (κ2) is 7.98. The zero-order valence-corrected chi connectivity index (χ0v) is 17.0. The summed E-state index contributed by atoms with van der Waals surface area (Å²) in [4.78, 5) is 39.9. The second-order valence-corrected chi connectivity index (χ2v) is 7.65. The van der Waals surface area contributed by atoms with Crippen LogP contribution < -0.4 is 15.6 Å². The minimum atomic E-state index is -1.26. The Labute approximate surface area is 178 Å². The van der Waals surface area contributed by atoms with Gasteiger partial charge in [0.25, 0.3) is 11.8 Å². The predicted molar refractivity (Wildman–Crippen MR) is 109 cm³/mol. The van der Waals surface area contributed by atoms with E-state index in [1.807, 2.05) is 0 Å². The van der Waals surface area contributed by atoms with Crippen LogP contribution in [0.3, 0.4) is 0 Å². The molecule has 4 rings (SSSR count). The van der Waals surface area contributed by atoms with E-state index >= 15 is 0 Å². The van der Waals surface area contributed by atoms with Gasteiger partial charge in [0.1, 0.15) is 5.54 Å². The summed E-state index contributed by atoms with van der Waals surface area (Å²) >= 11 is 0. The highest BCUT2D eigenvalue weighted by molar-refractivity contribution is 6.08. The summed E-state index contributed by atoms with van der Waals surface area (Å²) < 4.78 is 27.3. The van der Waals surface area contributed by atoms with Crippen LogP contribution in [0.2, 0.25) is 0 Å². The molecular weight excluding hydrogens is 406 g/mol. The Hall–Kier alpha value is -3.49. The van der Waals surface area contributed by atoms with Crippen LogP contribution >= 0.6 is 0 Å². The Bertz CT molecular complexity index is 1050. The summed E-state index contributed by atoms with van der Waals surface area (Å²) in [6, 6.07) is 10.3. The van der Waals surface area contributed by atoms with Gasteiger partial charge in [-0.1, -0.05) is 37.3 Å². The minimum absolute atomic E-state index is 0.209. The highest BCUT2D eigenvalue weighted by Crippen LogP contribution is 2.32. The van der Waals surface area contributed by atoms with Crippen molar-refractivity contribution in [3.63, 3.8) is 0 Å². The Morgan fingerprint density at radius 2 is 1.87 bits per heavy atom. The lowest BCUT2D eigenvalue weighted by molar-refractivity contribution is -0.139. The van der Waals surface area contributed by atoms with Crippen molar-refractivity contribution >= 4 is 23.5 Å². The monoisotopic (exact) mass is 428 g/mol. The molecule has 2 aliphatic heterocycles. The van der Waals surface area contributed by atoms with Crippen molar-refractivity contribution in [2.24, 2.45) is 0 Å². The number of halogens is 2. The van der Waals surface area contributed by atoms with Gasteiger partial charge in [0, 0.05) is 18.3 Å². The lowest BCUT2D eigenvalue weighted by Crippen LogP contribution is -2.51. The smallest absolute Gasteiger partial charge is 0.344 e. The van der Waals surface area contributed by atoms with Gasteiger partial charge >= 0.3 is 6.03 Å². The fourth-order valence-corrected chi connectivity index (χ4v) is 4.19. The molecule has 9 heteroatoms. The molecule has 1 saturated heterocycles. The van der Waals surface area contributed by atoms with Gasteiger partial charge < -0.3 is 10.2 Å². The zero-order valence-electron chi connectivity index (χ0n) is 17.0. The Morgan fingerprint density at radius 3 is 2.58 bits per heavy atom. The molecule has 4 amide bonds. The van der Waals surface area contributed by atoms with Crippen LogP contribution in [0.1, 0.15) is 30.9 Å². The number of hydrogen-bond donors (Lipinski definition) is 2. The number of nitrogens with one attached hydrogen (secondary N) is 2.